The summed E-state index contributed by atoms with van der Waals surface area (Å²) in [5.41, 5.74) is 1.39. The van der Waals surface area contributed by atoms with E-state index in [4.69, 9.17) is 0 Å². The predicted octanol–water partition coefficient (Wildman–Crippen LogP) is 1.41. The lowest BCUT2D eigenvalue weighted by molar-refractivity contribution is -0.130. The Hall–Kier alpha value is -0.870. The van der Waals surface area contributed by atoms with Crippen molar-refractivity contribution in [2.45, 2.75) is 13.5 Å². The number of carbonyl (C=O) groups excluding carboxylic acids is 1. The number of piperazine rings is 1. The summed E-state index contributed by atoms with van der Waals surface area (Å²) in [4.78, 5) is 15.5. The SMILES string of the molecule is CC(=O)N1CCN(Cc2ccsc2)CC1. The van der Waals surface area contributed by atoms with E-state index in [1.807, 2.05) is 4.90 Å². The topological polar surface area (TPSA) is 23.6 Å². The molecule has 0 bridgehead atoms. The van der Waals surface area contributed by atoms with Crippen LogP contribution in [0.4, 0.5) is 0 Å². The molecule has 2 rings (SSSR count). The molecule has 1 aromatic rings. The van der Waals surface area contributed by atoms with Crippen molar-refractivity contribution in [2.24, 2.45) is 0 Å². The Labute approximate surface area is 94.3 Å². The number of amides is 1. The van der Waals surface area contributed by atoms with Crippen LogP contribution in [0.15, 0.2) is 16.8 Å². The van der Waals surface area contributed by atoms with Gasteiger partial charge in [-0.3, -0.25) is 9.69 Å². The molecule has 1 fully saturated rings. The average Bonchev–Trinajstić information content (AvgIpc) is 2.71. The van der Waals surface area contributed by atoms with Crippen molar-refractivity contribution in [2.75, 3.05) is 26.2 Å². The molecule has 1 aliphatic rings. The van der Waals surface area contributed by atoms with Gasteiger partial charge in [0.05, 0.1) is 0 Å². The maximum Gasteiger partial charge on any atom is 0.219 e. The summed E-state index contributed by atoms with van der Waals surface area (Å²) in [6, 6.07) is 2.17. The molecule has 0 saturated carbocycles. The van der Waals surface area contributed by atoms with Crippen LogP contribution in [0.3, 0.4) is 0 Å². The number of rotatable bonds is 2. The fourth-order valence-electron chi connectivity index (χ4n) is 1.86. The zero-order valence-electron chi connectivity index (χ0n) is 8.98. The van der Waals surface area contributed by atoms with Crippen LogP contribution in [-0.2, 0) is 11.3 Å². The third-order valence-corrected chi connectivity index (χ3v) is 3.54. The second-order valence-corrected chi connectivity index (χ2v) is 4.69. The minimum absolute atomic E-state index is 0.199. The first-order chi connectivity index (χ1) is 7.25. The summed E-state index contributed by atoms with van der Waals surface area (Å²) in [7, 11) is 0. The van der Waals surface area contributed by atoms with E-state index in [9.17, 15) is 4.79 Å². The fraction of sp³-hybridized carbons (Fsp3) is 0.545. The highest BCUT2D eigenvalue weighted by atomic mass is 32.1. The normalized spacial score (nSPS) is 18.1. The lowest BCUT2D eigenvalue weighted by Crippen LogP contribution is -2.47. The van der Waals surface area contributed by atoms with Crippen LogP contribution in [0.25, 0.3) is 0 Å². The molecule has 4 heteroatoms. The van der Waals surface area contributed by atoms with Gasteiger partial charge < -0.3 is 4.90 Å². The van der Waals surface area contributed by atoms with Crippen LogP contribution in [0.5, 0.6) is 0 Å². The standard InChI is InChI=1S/C11H16N2OS/c1-10(14)13-5-3-12(4-6-13)8-11-2-7-15-9-11/h2,7,9H,3-6,8H2,1H3. The summed E-state index contributed by atoms with van der Waals surface area (Å²) in [6.07, 6.45) is 0. The Morgan fingerprint density at radius 3 is 2.67 bits per heavy atom. The number of hydrogen-bond donors (Lipinski definition) is 0. The lowest BCUT2D eigenvalue weighted by atomic mass is 10.2. The molecule has 82 valence electrons. The number of thiophene rings is 1. The average molecular weight is 224 g/mol. The van der Waals surface area contributed by atoms with Gasteiger partial charge in [-0.05, 0) is 22.4 Å². The third-order valence-electron chi connectivity index (χ3n) is 2.80. The third kappa shape index (κ3) is 2.79. The monoisotopic (exact) mass is 224 g/mol. The van der Waals surface area contributed by atoms with Gasteiger partial charge in [0.1, 0.15) is 0 Å². The minimum Gasteiger partial charge on any atom is -0.340 e. The van der Waals surface area contributed by atoms with Crippen molar-refractivity contribution in [3.8, 4) is 0 Å². The van der Waals surface area contributed by atoms with Gasteiger partial charge in [0.2, 0.25) is 5.91 Å². The smallest absolute Gasteiger partial charge is 0.219 e. The van der Waals surface area contributed by atoms with Crippen molar-refractivity contribution in [1.82, 2.24) is 9.80 Å². The van der Waals surface area contributed by atoms with Gasteiger partial charge in [-0.25, -0.2) is 0 Å². The summed E-state index contributed by atoms with van der Waals surface area (Å²) >= 11 is 1.74. The first-order valence-electron chi connectivity index (χ1n) is 5.24. The van der Waals surface area contributed by atoms with Crippen molar-refractivity contribution < 1.29 is 4.79 Å². The molecule has 3 nitrogen and oxygen atoms in total. The van der Waals surface area contributed by atoms with Crippen molar-refractivity contribution in [1.29, 1.82) is 0 Å². The van der Waals surface area contributed by atoms with Crippen molar-refractivity contribution in [3.63, 3.8) is 0 Å². The molecule has 0 N–H and O–H groups in total. The minimum atomic E-state index is 0.199. The second-order valence-electron chi connectivity index (χ2n) is 3.91. The molecule has 1 aliphatic heterocycles. The van der Waals surface area contributed by atoms with Gasteiger partial charge in [0, 0.05) is 39.6 Å². The van der Waals surface area contributed by atoms with Gasteiger partial charge in [-0.1, -0.05) is 0 Å². The molecular formula is C11H16N2OS. The fourth-order valence-corrected chi connectivity index (χ4v) is 2.52. The molecule has 1 aromatic heterocycles. The largest absolute Gasteiger partial charge is 0.340 e. The molecule has 0 spiro atoms. The number of hydrogen-bond acceptors (Lipinski definition) is 3. The van der Waals surface area contributed by atoms with Crippen LogP contribution in [0.2, 0.25) is 0 Å². The van der Waals surface area contributed by atoms with Crippen molar-refractivity contribution >= 4 is 17.2 Å². The van der Waals surface area contributed by atoms with Crippen LogP contribution < -0.4 is 0 Å². The van der Waals surface area contributed by atoms with Gasteiger partial charge in [-0.2, -0.15) is 11.3 Å². The van der Waals surface area contributed by atoms with Gasteiger partial charge in [0.15, 0.2) is 0 Å². The second kappa shape index (κ2) is 4.77. The molecule has 0 aromatic carbocycles. The molecule has 15 heavy (non-hydrogen) atoms. The molecule has 0 radical (unpaired) electrons. The summed E-state index contributed by atoms with van der Waals surface area (Å²) in [5, 5.41) is 4.30. The number of carbonyl (C=O) groups is 1. The van der Waals surface area contributed by atoms with E-state index >= 15 is 0 Å². The molecule has 0 atom stereocenters. The van der Waals surface area contributed by atoms with Gasteiger partial charge in [-0.15, -0.1) is 0 Å². The highest BCUT2D eigenvalue weighted by Gasteiger charge is 2.18. The maximum atomic E-state index is 11.1. The van der Waals surface area contributed by atoms with E-state index in [0.717, 1.165) is 32.7 Å². The summed E-state index contributed by atoms with van der Waals surface area (Å²) in [5.74, 6) is 0.199. The van der Waals surface area contributed by atoms with E-state index in [0.29, 0.717) is 0 Å². The molecule has 0 aliphatic carbocycles. The van der Waals surface area contributed by atoms with Crippen LogP contribution in [-0.4, -0.2) is 41.9 Å². The molecule has 2 heterocycles. The lowest BCUT2D eigenvalue weighted by Gasteiger charge is -2.33. The summed E-state index contributed by atoms with van der Waals surface area (Å²) in [6.45, 7) is 6.41. The Kier molecular flexibility index (Phi) is 3.38. The number of nitrogens with zero attached hydrogens (tertiary/aromatic N) is 2. The van der Waals surface area contributed by atoms with E-state index in [1.165, 1.54) is 5.56 Å². The van der Waals surface area contributed by atoms with Crippen molar-refractivity contribution in [3.05, 3.63) is 22.4 Å². The summed E-state index contributed by atoms with van der Waals surface area (Å²) < 4.78 is 0. The van der Waals surface area contributed by atoms with Crippen LogP contribution >= 0.6 is 11.3 Å². The van der Waals surface area contributed by atoms with Gasteiger partial charge in [0.25, 0.3) is 0 Å². The Morgan fingerprint density at radius 1 is 1.40 bits per heavy atom. The maximum absolute atomic E-state index is 11.1. The molecule has 0 unspecified atom stereocenters. The molecular weight excluding hydrogens is 208 g/mol. The zero-order valence-corrected chi connectivity index (χ0v) is 9.80. The van der Waals surface area contributed by atoms with E-state index in [2.05, 4.69) is 21.7 Å². The zero-order chi connectivity index (χ0) is 10.7. The van der Waals surface area contributed by atoms with Crippen LogP contribution in [0.1, 0.15) is 12.5 Å². The first kappa shape index (κ1) is 10.6. The van der Waals surface area contributed by atoms with E-state index in [1.54, 1.807) is 18.3 Å². The Balaban J connectivity index is 1.81. The first-order valence-corrected chi connectivity index (χ1v) is 6.19. The predicted molar refractivity (Wildman–Crippen MR) is 61.9 cm³/mol. The van der Waals surface area contributed by atoms with E-state index < -0.39 is 0 Å². The molecule has 1 saturated heterocycles. The Bertz CT molecular complexity index is 315. The van der Waals surface area contributed by atoms with Gasteiger partial charge >= 0.3 is 0 Å². The van der Waals surface area contributed by atoms with E-state index in [-0.39, 0.29) is 5.91 Å². The van der Waals surface area contributed by atoms with Crippen LogP contribution in [0, 0.1) is 0 Å². The highest BCUT2D eigenvalue weighted by Crippen LogP contribution is 2.11. The quantitative estimate of drug-likeness (QED) is 0.758. The molecule has 1 amide bonds. The Morgan fingerprint density at radius 2 is 2.13 bits per heavy atom. The highest BCUT2D eigenvalue weighted by molar-refractivity contribution is 7.07.